The van der Waals surface area contributed by atoms with Gasteiger partial charge in [0.25, 0.3) is 0 Å². The van der Waals surface area contributed by atoms with Gasteiger partial charge in [-0.15, -0.1) is 0 Å². The molecule has 0 radical (unpaired) electrons. The van der Waals surface area contributed by atoms with Gasteiger partial charge in [0.05, 0.1) is 12.8 Å². The number of carbonyl (C=O) groups excluding carboxylic acids is 2. The summed E-state index contributed by atoms with van der Waals surface area (Å²) >= 11 is 0. The van der Waals surface area contributed by atoms with Crippen LogP contribution in [0, 0.1) is 6.92 Å². The molecule has 0 aliphatic carbocycles. The summed E-state index contributed by atoms with van der Waals surface area (Å²) in [5.74, 6) is 0.735. The van der Waals surface area contributed by atoms with Crippen molar-refractivity contribution in [2.45, 2.75) is 19.8 Å². The molecule has 148 valence electrons. The number of nitrogens with one attached hydrogen (secondary N) is 1. The van der Waals surface area contributed by atoms with E-state index in [4.69, 9.17) is 4.74 Å². The average Bonchev–Trinajstić information content (AvgIpc) is 2.73. The minimum atomic E-state index is -0.134. The van der Waals surface area contributed by atoms with Gasteiger partial charge in [0.15, 0.2) is 0 Å². The van der Waals surface area contributed by atoms with Gasteiger partial charge in [-0.2, -0.15) is 0 Å². The molecule has 6 heteroatoms. The van der Waals surface area contributed by atoms with E-state index in [0.29, 0.717) is 13.1 Å². The summed E-state index contributed by atoms with van der Waals surface area (Å²) in [7, 11) is 1.67. The number of aryl methyl sites for hydroxylation is 1. The molecule has 1 saturated heterocycles. The van der Waals surface area contributed by atoms with Crippen molar-refractivity contribution < 1.29 is 14.3 Å². The molecular formula is C22H27N3O3. The molecule has 3 rings (SSSR count). The van der Waals surface area contributed by atoms with Gasteiger partial charge in [-0.25, -0.2) is 0 Å². The highest BCUT2D eigenvalue weighted by atomic mass is 16.5. The van der Waals surface area contributed by atoms with Crippen LogP contribution in [0.15, 0.2) is 48.5 Å². The van der Waals surface area contributed by atoms with Crippen LogP contribution in [0.5, 0.6) is 5.75 Å². The first-order valence-corrected chi connectivity index (χ1v) is 9.59. The van der Waals surface area contributed by atoms with Gasteiger partial charge in [0.2, 0.25) is 11.8 Å². The number of amides is 2. The van der Waals surface area contributed by atoms with E-state index < -0.39 is 0 Å². The van der Waals surface area contributed by atoms with Gasteiger partial charge in [0, 0.05) is 44.7 Å². The van der Waals surface area contributed by atoms with Crippen LogP contribution in [0.1, 0.15) is 18.4 Å². The molecule has 1 N–H and O–H groups in total. The van der Waals surface area contributed by atoms with Gasteiger partial charge in [0.1, 0.15) is 5.75 Å². The second-order valence-electron chi connectivity index (χ2n) is 6.95. The smallest absolute Gasteiger partial charge is 0.224 e. The van der Waals surface area contributed by atoms with Crippen LogP contribution in [0.4, 0.5) is 11.4 Å². The zero-order chi connectivity index (χ0) is 19.9. The summed E-state index contributed by atoms with van der Waals surface area (Å²) in [4.78, 5) is 28.6. The van der Waals surface area contributed by atoms with Gasteiger partial charge in [-0.3, -0.25) is 9.59 Å². The number of para-hydroxylation sites is 2. The molecule has 1 aliphatic heterocycles. The maximum absolute atomic E-state index is 12.5. The predicted molar refractivity (Wildman–Crippen MR) is 111 cm³/mol. The molecule has 1 aliphatic rings. The van der Waals surface area contributed by atoms with Gasteiger partial charge in [-0.1, -0.05) is 29.8 Å². The molecule has 2 aromatic carbocycles. The summed E-state index contributed by atoms with van der Waals surface area (Å²) in [6, 6.07) is 15.5. The molecule has 28 heavy (non-hydrogen) atoms. The lowest BCUT2D eigenvalue weighted by molar-refractivity contribution is -0.133. The molecule has 0 saturated carbocycles. The van der Waals surface area contributed by atoms with Crippen molar-refractivity contribution in [1.29, 1.82) is 0 Å². The average molecular weight is 381 g/mol. The zero-order valence-corrected chi connectivity index (χ0v) is 16.5. The molecule has 0 atom stereocenters. The molecule has 6 nitrogen and oxygen atoms in total. The fraction of sp³-hybridized carbons (Fsp3) is 0.364. The van der Waals surface area contributed by atoms with E-state index >= 15 is 0 Å². The Kier molecular flexibility index (Phi) is 6.53. The largest absolute Gasteiger partial charge is 0.495 e. The van der Waals surface area contributed by atoms with E-state index in [-0.39, 0.29) is 24.7 Å². The van der Waals surface area contributed by atoms with Crippen molar-refractivity contribution in [3.63, 3.8) is 0 Å². The predicted octanol–water partition coefficient (Wildman–Crippen LogP) is 3.07. The molecular weight excluding hydrogens is 354 g/mol. The van der Waals surface area contributed by atoms with E-state index in [1.165, 1.54) is 0 Å². The van der Waals surface area contributed by atoms with Gasteiger partial charge in [-0.05, 0) is 31.2 Å². The van der Waals surface area contributed by atoms with Crippen LogP contribution in [0.2, 0.25) is 0 Å². The highest BCUT2D eigenvalue weighted by Crippen LogP contribution is 2.28. The minimum absolute atomic E-state index is 0.0266. The third-order valence-electron chi connectivity index (χ3n) is 4.96. The summed E-state index contributed by atoms with van der Waals surface area (Å²) in [5, 5.41) is 2.84. The van der Waals surface area contributed by atoms with Crippen molar-refractivity contribution in [3.8, 4) is 5.75 Å². The van der Waals surface area contributed by atoms with Crippen molar-refractivity contribution in [3.05, 3.63) is 54.1 Å². The minimum Gasteiger partial charge on any atom is -0.495 e. The van der Waals surface area contributed by atoms with Gasteiger partial charge >= 0.3 is 0 Å². The summed E-state index contributed by atoms with van der Waals surface area (Å²) in [6.45, 7) is 4.80. The quantitative estimate of drug-likeness (QED) is 0.835. The van der Waals surface area contributed by atoms with E-state index in [1.54, 1.807) is 7.11 Å². The van der Waals surface area contributed by atoms with Crippen molar-refractivity contribution >= 4 is 23.2 Å². The molecule has 2 aromatic rings. The number of hydrogen-bond donors (Lipinski definition) is 1. The number of hydrogen-bond acceptors (Lipinski definition) is 4. The second-order valence-corrected chi connectivity index (χ2v) is 6.95. The highest BCUT2D eigenvalue weighted by Gasteiger charge is 2.23. The van der Waals surface area contributed by atoms with E-state index in [2.05, 4.69) is 10.2 Å². The first-order chi connectivity index (χ1) is 13.6. The van der Waals surface area contributed by atoms with E-state index in [0.717, 1.165) is 35.8 Å². The van der Waals surface area contributed by atoms with E-state index in [1.807, 2.05) is 60.4 Å². The Labute approximate surface area is 166 Å². The monoisotopic (exact) mass is 381 g/mol. The van der Waals surface area contributed by atoms with Crippen LogP contribution in [-0.4, -0.2) is 50.0 Å². The number of rotatable bonds is 6. The van der Waals surface area contributed by atoms with Gasteiger partial charge < -0.3 is 19.9 Å². The Balaban J connectivity index is 1.45. The Hall–Kier alpha value is -3.02. The lowest BCUT2D eigenvalue weighted by Gasteiger charge is -2.36. The Morgan fingerprint density at radius 2 is 1.64 bits per heavy atom. The molecule has 1 heterocycles. The SMILES string of the molecule is COc1ccccc1N1CCN(C(=O)CCC(=O)Nc2ccc(C)cc2)CC1. The normalized spacial score (nSPS) is 13.9. The van der Waals surface area contributed by atoms with Crippen LogP contribution in [0.3, 0.4) is 0 Å². The maximum atomic E-state index is 12.5. The fourth-order valence-electron chi connectivity index (χ4n) is 3.33. The van der Waals surface area contributed by atoms with Crippen LogP contribution >= 0.6 is 0 Å². The molecule has 0 unspecified atom stereocenters. The van der Waals surface area contributed by atoms with Crippen LogP contribution in [0.25, 0.3) is 0 Å². The summed E-state index contributed by atoms with van der Waals surface area (Å²) in [6.07, 6.45) is 0.422. The number of piperazine rings is 1. The summed E-state index contributed by atoms with van der Waals surface area (Å²) < 4.78 is 5.43. The molecule has 0 spiro atoms. The first kappa shape index (κ1) is 19.7. The standard InChI is InChI=1S/C22H27N3O3/c1-17-7-9-18(10-8-17)23-21(26)11-12-22(27)25-15-13-24(14-16-25)19-5-3-4-6-20(19)28-2/h3-10H,11-16H2,1-2H3,(H,23,26). The third-order valence-corrected chi connectivity index (χ3v) is 4.96. The zero-order valence-electron chi connectivity index (χ0n) is 16.5. The number of anilines is 2. The fourth-order valence-corrected chi connectivity index (χ4v) is 3.33. The Morgan fingerprint density at radius 1 is 0.964 bits per heavy atom. The van der Waals surface area contributed by atoms with Crippen LogP contribution < -0.4 is 15.0 Å². The topological polar surface area (TPSA) is 61.9 Å². The lowest BCUT2D eigenvalue weighted by Crippen LogP contribution is -2.49. The van der Waals surface area contributed by atoms with Crippen molar-refractivity contribution in [2.75, 3.05) is 43.5 Å². The summed E-state index contributed by atoms with van der Waals surface area (Å²) in [5.41, 5.74) is 2.95. The number of nitrogens with zero attached hydrogens (tertiary/aromatic N) is 2. The molecule has 1 fully saturated rings. The third kappa shape index (κ3) is 5.03. The Bertz CT molecular complexity index is 812. The lowest BCUT2D eigenvalue weighted by atomic mass is 10.2. The molecule has 0 bridgehead atoms. The molecule has 0 aromatic heterocycles. The first-order valence-electron chi connectivity index (χ1n) is 9.59. The maximum Gasteiger partial charge on any atom is 0.224 e. The number of benzene rings is 2. The van der Waals surface area contributed by atoms with E-state index in [9.17, 15) is 9.59 Å². The second kappa shape index (κ2) is 9.26. The van der Waals surface area contributed by atoms with Crippen molar-refractivity contribution in [2.24, 2.45) is 0 Å². The molecule has 2 amide bonds. The van der Waals surface area contributed by atoms with Crippen molar-refractivity contribution in [1.82, 2.24) is 4.90 Å². The number of methoxy groups -OCH3 is 1. The number of carbonyl (C=O) groups is 2. The van der Waals surface area contributed by atoms with Crippen LogP contribution in [-0.2, 0) is 9.59 Å². The number of ether oxygens (including phenoxy) is 1. The Morgan fingerprint density at radius 3 is 2.32 bits per heavy atom. The highest BCUT2D eigenvalue weighted by molar-refractivity contribution is 5.93.